The second-order valence-corrected chi connectivity index (χ2v) is 3.17. The summed E-state index contributed by atoms with van der Waals surface area (Å²) in [5.41, 5.74) is 0.523. The molecule has 0 aliphatic rings. The molecule has 0 radical (unpaired) electrons. The molecule has 0 spiro atoms. The Hall–Kier alpha value is -2.30. The van der Waals surface area contributed by atoms with Crippen LogP contribution < -0.4 is 4.74 Å². The molecule has 0 atom stereocenters. The molecule has 0 saturated heterocycles. The number of aldehydes is 1. The number of furan rings is 1. The topological polar surface area (TPSA) is 76.7 Å². The lowest BCUT2D eigenvalue weighted by molar-refractivity contribution is 0.0664. The first-order valence-electron chi connectivity index (χ1n) is 4.45. The van der Waals surface area contributed by atoms with Gasteiger partial charge in [0.1, 0.15) is 11.3 Å². The molecule has 0 unspecified atom stereocenters. The summed E-state index contributed by atoms with van der Waals surface area (Å²) >= 11 is 0. The number of fused-ring (bicyclic) bond motifs is 1. The zero-order chi connectivity index (χ0) is 11.7. The van der Waals surface area contributed by atoms with Gasteiger partial charge in [0.15, 0.2) is 6.29 Å². The van der Waals surface area contributed by atoms with E-state index < -0.39 is 5.97 Å². The van der Waals surface area contributed by atoms with E-state index >= 15 is 0 Å². The fourth-order valence-electron chi connectivity index (χ4n) is 1.46. The number of carbonyl (C=O) groups is 2. The molecule has 0 aliphatic heterocycles. The zero-order valence-electron chi connectivity index (χ0n) is 8.39. The average Bonchev–Trinajstić information content (AvgIpc) is 2.71. The number of hydrogen-bond donors (Lipinski definition) is 1. The maximum Gasteiger partial charge on any atom is 0.371 e. The lowest BCUT2D eigenvalue weighted by Crippen LogP contribution is -1.91. The van der Waals surface area contributed by atoms with E-state index in [1.54, 1.807) is 6.07 Å². The van der Waals surface area contributed by atoms with Gasteiger partial charge >= 0.3 is 5.97 Å². The van der Waals surface area contributed by atoms with E-state index in [0.29, 0.717) is 17.4 Å². The van der Waals surface area contributed by atoms with Gasteiger partial charge in [-0.3, -0.25) is 4.79 Å². The van der Waals surface area contributed by atoms with Crippen molar-refractivity contribution >= 4 is 23.2 Å². The molecule has 1 heterocycles. The van der Waals surface area contributed by atoms with Crippen molar-refractivity contribution in [1.82, 2.24) is 0 Å². The van der Waals surface area contributed by atoms with Gasteiger partial charge in [-0.15, -0.1) is 0 Å². The van der Waals surface area contributed by atoms with E-state index in [-0.39, 0.29) is 16.9 Å². The van der Waals surface area contributed by atoms with Crippen molar-refractivity contribution in [2.45, 2.75) is 0 Å². The van der Waals surface area contributed by atoms with Crippen LogP contribution in [-0.2, 0) is 0 Å². The van der Waals surface area contributed by atoms with Gasteiger partial charge in [0.25, 0.3) is 0 Å². The third-order valence-electron chi connectivity index (χ3n) is 2.19. The molecule has 5 nitrogen and oxygen atoms in total. The van der Waals surface area contributed by atoms with Crippen LogP contribution in [0.15, 0.2) is 22.6 Å². The average molecular weight is 220 g/mol. The van der Waals surface area contributed by atoms with Crippen LogP contribution in [0, 0.1) is 0 Å². The Kier molecular flexibility index (Phi) is 2.36. The number of carboxylic acid groups (broad SMARTS) is 1. The standard InChI is InChI=1S/C11H8O5/c1-15-8-2-6-4-9(11(13)14)16-10(6)7(3-8)5-12/h2-5H,1H3,(H,13,14). The minimum absolute atomic E-state index is 0.202. The number of hydrogen-bond acceptors (Lipinski definition) is 4. The molecule has 5 heteroatoms. The van der Waals surface area contributed by atoms with Gasteiger partial charge < -0.3 is 14.3 Å². The van der Waals surface area contributed by atoms with Crippen LogP contribution in [0.1, 0.15) is 20.9 Å². The highest BCUT2D eigenvalue weighted by Gasteiger charge is 2.14. The first-order chi connectivity index (χ1) is 7.65. The van der Waals surface area contributed by atoms with Crippen molar-refractivity contribution in [3.8, 4) is 5.75 Å². The smallest absolute Gasteiger partial charge is 0.371 e. The number of ether oxygens (including phenoxy) is 1. The molecule has 0 fully saturated rings. The van der Waals surface area contributed by atoms with Crippen LogP contribution in [0.2, 0.25) is 0 Å². The highest BCUT2D eigenvalue weighted by molar-refractivity contribution is 5.99. The number of carboxylic acids is 1. The SMILES string of the molecule is COc1cc(C=O)c2oc(C(=O)O)cc2c1. The Bertz CT molecular complexity index is 567. The molecule has 2 rings (SSSR count). The first-order valence-corrected chi connectivity index (χ1v) is 4.45. The quantitative estimate of drug-likeness (QED) is 0.800. The summed E-state index contributed by atoms with van der Waals surface area (Å²) in [6, 6.07) is 4.45. The van der Waals surface area contributed by atoms with Gasteiger partial charge in [0.05, 0.1) is 12.7 Å². The van der Waals surface area contributed by atoms with Gasteiger partial charge in [0.2, 0.25) is 5.76 Å². The molecule has 2 aromatic rings. The van der Waals surface area contributed by atoms with Crippen molar-refractivity contribution < 1.29 is 23.8 Å². The maximum atomic E-state index is 10.8. The largest absolute Gasteiger partial charge is 0.497 e. The molecule has 0 bridgehead atoms. The van der Waals surface area contributed by atoms with Crippen LogP contribution in [0.5, 0.6) is 5.75 Å². The Balaban J connectivity index is 2.74. The van der Waals surface area contributed by atoms with Crippen LogP contribution in [-0.4, -0.2) is 24.5 Å². The number of rotatable bonds is 3. The predicted molar refractivity (Wildman–Crippen MR) is 55.1 cm³/mol. The summed E-state index contributed by atoms with van der Waals surface area (Å²) in [5.74, 6) is -0.897. The summed E-state index contributed by atoms with van der Waals surface area (Å²) in [6.45, 7) is 0. The molecule has 0 amide bonds. The fraction of sp³-hybridized carbons (Fsp3) is 0.0909. The van der Waals surface area contributed by atoms with Crippen LogP contribution >= 0.6 is 0 Å². The molecular weight excluding hydrogens is 212 g/mol. The summed E-state index contributed by atoms with van der Waals surface area (Å²) < 4.78 is 10.1. The van der Waals surface area contributed by atoms with Crippen molar-refractivity contribution in [3.63, 3.8) is 0 Å². The highest BCUT2D eigenvalue weighted by Crippen LogP contribution is 2.27. The normalized spacial score (nSPS) is 10.3. The van der Waals surface area contributed by atoms with Crippen molar-refractivity contribution in [3.05, 3.63) is 29.5 Å². The van der Waals surface area contributed by atoms with Gasteiger partial charge in [-0.25, -0.2) is 4.79 Å². The van der Waals surface area contributed by atoms with Crippen LogP contribution in [0.25, 0.3) is 11.0 Å². The van der Waals surface area contributed by atoms with E-state index in [1.165, 1.54) is 19.2 Å². The number of carbonyl (C=O) groups excluding carboxylic acids is 1. The van der Waals surface area contributed by atoms with E-state index in [0.717, 1.165) is 0 Å². The summed E-state index contributed by atoms with van der Waals surface area (Å²) in [5, 5.41) is 9.29. The number of benzene rings is 1. The van der Waals surface area contributed by atoms with Gasteiger partial charge in [-0.1, -0.05) is 0 Å². The third kappa shape index (κ3) is 1.52. The van der Waals surface area contributed by atoms with Crippen molar-refractivity contribution in [2.24, 2.45) is 0 Å². The molecule has 0 aliphatic carbocycles. The monoisotopic (exact) mass is 220 g/mol. The van der Waals surface area contributed by atoms with E-state index in [4.69, 9.17) is 14.3 Å². The molecule has 1 aromatic carbocycles. The second kappa shape index (κ2) is 3.69. The number of aromatic carboxylic acids is 1. The minimum Gasteiger partial charge on any atom is -0.497 e. The summed E-state index contributed by atoms with van der Waals surface area (Å²) in [6.07, 6.45) is 0.597. The van der Waals surface area contributed by atoms with Crippen LogP contribution in [0.3, 0.4) is 0 Å². The fourth-order valence-corrected chi connectivity index (χ4v) is 1.46. The lowest BCUT2D eigenvalue weighted by atomic mass is 10.1. The number of methoxy groups -OCH3 is 1. The second-order valence-electron chi connectivity index (χ2n) is 3.17. The van der Waals surface area contributed by atoms with E-state index in [1.807, 2.05) is 0 Å². The Labute approximate surface area is 90.2 Å². The molecule has 1 aromatic heterocycles. The maximum absolute atomic E-state index is 10.8. The predicted octanol–water partition coefficient (Wildman–Crippen LogP) is 1.95. The first kappa shape index (κ1) is 10.2. The van der Waals surface area contributed by atoms with Gasteiger partial charge in [-0.2, -0.15) is 0 Å². The van der Waals surface area contributed by atoms with E-state index in [9.17, 15) is 9.59 Å². The van der Waals surface area contributed by atoms with Gasteiger partial charge in [0, 0.05) is 5.39 Å². The minimum atomic E-state index is -1.17. The lowest BCUT2D eigenvalue weighted by Gasteiger charge is -2.00. The highest BCUT2D eigenvalue weighted by atomic mass is 16.5. The zero-order valence-corrected chi connectivity index (χ0v) is 8.39. The van der Waals surface area contributed by atoms with Crippen molar-refractivity contribution in [1.29, 1.82) is 0 Å². The molecule has 1 N–H and O–H groups in total. The summed E-state index contributed by atoms with van der Waals surface area (Å²) in [4.78, 5) is 21.5. The molecule has 16 heavy (non-hydrogen) atoms. The van der Waals surface area contributed by atoms with Crippen molar-refractivity contribution in [2.75, 3.05) is 7.11 Å². The molecule has 82 valence electrons. The Morgan fingerprint density at radius 1 is 1.44 bits per heavy atom. The molecule has 0 saturated carbocycles. The third-order valence-corrected chi connectivity index (χ3v) is 2.19. The van der Waals surface area contributed by atoms with Gasteiger partial charge in [-0.05, 0) is 18.2 Å². The van der Waals surface area contributed by atoms with Crippen LogP contribution in [0.4, 0.5) is 0 Å². The Morgan fingerprint density at radius 3 is 2.75 bits per heavy atom. The molecular formula is C11H8O5. The summed E-state index contributed by atoms with van der Waals surface area (Å²) in [7, 11) is 1.47. The van der Waals surface area contributed by atoms with E-state index in [2.05, 4.69) is 0 Å². The Morgan fingerprint density at radius 2 is 2.19 bits per heavy atom.